The van der Waals surface area contributed by atoms with Gasteiger partial charge in [-0.1, -0.05) is 158 Å². The van der Waals surface area contributed by atoms with Gasteiger partial charge in [-0.3, -0.25) is 0 Å². The predicted octanol–water partition coefficient (Wildman–Crippen LogP) is 14.4. The Hall–Kier alpha value is -6.90. The fourth-order valence-electron chi connectivity index (χ4n) is 7.81. The van der Waals surface area contributed by atoms with Gasteiger partial charge in [0, 0.05) is 33.3 Å². The predicted molar refractivity (Wildman–Crippen MR) is 220 cm³/mol. The molecule has 0 unspecified atom stereocenters. The normalized spacial score (nSPS) is 11.5. The summed E-state index contributed by atoms with van der Waals surface area (Å²) in [5.41, 5.74) is 12.0. The molecule has 0 aliphatic rings. The molecular weight excluding hydrogens is 631 g/mol. The molecule has 10 rings (SSSR count). The van der Waals surface area contributed by atoms with Crippen molar-refractivity contribution in [2.45, 2.75) is 0 Å². The number of hydrogen-bond donors (Lipinski definition) is 0. The van der Waals surface area contributed by atoms with E-state index in [2.05, 4.69) is 193 Å². The molecule has 1 aromatic heterocycles. The van der Waals surface area contributed by atoms with Crippen LogP contribution < -0.4 is 4.90 Å². The number of nitrogens with zero attached hydrogens (tertiary/aromatic N) is 1. The van der Waals surface area contributed by atoms with Crippen molar-refractivity contribution in [3.8, 4) is 33.4 Å². The Balaban J connectivity index is 1.17. The van der Waals surface area contributed by atoms with Gasteiger partial charge in [0.25, 0.3) is 0 Å². The first-order valence-corrected chi connectivity index (χ1v) is 17.8. The fourth-order valence-corrected chi connectivity index (χ4v) is 7.81. The number of fused-ring (bicyclic) bond motifs is 6. The first-order valence-electron chi connectivity index (χ1n) is 17.8. The van der Waals surface area contributed by atoms with Gasteiger partial charge in [-0.2, -0.15) is 0 Å². The van der Waals surface area contributed by atoms with Gasteiger partial charge in [-0.15, -0.1) is 0 Å². The summed E-state index contributed by atoms with van der Waals surface area (Å²) < 4.78 is 6.42. The minimum absolute atomic E-state index is 0.907. The van der Waals surface area contributed by atoms with E-state index in [1.54, 1.807) is 0 Å². The van der Waals surface area contributed by atoms with Gasteiger partial charge in [0.15, 0.2) is 0 Å². The molecule has 0 spiro atoms. The summed E-state index contributed by atoms with van der Waals surface area (Å²) in [5.74, 6) is 0. The van der Waals surface area contributed by atoms with Crippen LogP contribution in [0.2, 0.25) is 0 Å². The van der Waals surface area contributed by atoms with E-state index >= 15 is 0 Å². The second kappa shape index (κ2) is 12.5. The first kappa shape index (κ1) is 30.0. The van der Waals surface area contributed by atoms with Crippen molar-refractivity contribution in [1.29, 1.82) is 0 Å². The van der Waals surface area contributed by atoms with Crippen molar-refractivity contribution in [3.05, 3.63) is 200 Å². The highest BCUT2D eigenvalue weighted by Crippen LogP contribution is 2.45. The van der Waals surface area contributed by atoms with E-state index in [1.165, 1.54) is 38.2 Å². The summed E-state index contributed by atoms with van der Waals surface area (Å²) in [6.45, 7) is 0. The van der Waals surface area contributed by atoms with Crippen LogP contribution >= 0.6 is 0 Å². The topological polar surface area (TPSA) is 16.4 Å². The van der Waals surface area contributed by atoms with Crippen LogP contribution in [0.3, 0.4) is 0 Å². The third kappa shape index (κ3) is 5.04. The summed E-state index contributed by atoms with van der Waals surface area (Å²) in [4.78, 5) is 2.39. The Kier molecular flexibility index (Phi) is 7.18. The highest BCUT2D eigenvalue weighted by atomic mass is 16.3. The third-order valence-electron chi connectivity index (χ3n) is 10.3. The molecule has 244 valence electrons. The Morgan fingerprint density at radius 2 is 0.923 bits per heavy atom. The quantitative estimate of drug-likeness (QED) is 0.165. The monoisotopic (exact) mass is 663 g/mol. The number of benzene rings is 9. The average molecular weight is 664 g/mol. The molecule has 0 saturated heterocycles. The van der Waals surface area contributed by atoms with Gasteiger partial charge >= 0.3 is 0 Å². The van der Waals surface area contributed by atoms with E-state index in [0.29, 0.717) is 0 Å². The number of furan rings is 1. The molecule has 0 bridgehead atoms. The Labute approximate surface area is 302 Å². The van der Waals surface area contributed by atoms with E-state index in [-0.39, 0.29) is 0 Å². The highest BCUT2D eigenvalue weighted by Gasteiger charge is 2.20. The van der Waals surface area contributed by atoms with E-state index in [0.717, 1.165) is 55.7 Å². The molecule has 0 fully saturated rings. The van der Waals surface area contributed by atoms with E-state index < -0.39 is 0 Å². The standard InChI is InChI=1S/C50H33NO/c1-3-14-34(15-4-1)41-31-28-37(47-32-36-16-7-8-19-40(36)43-20-9-10-21-44(43)47)33-48(41)51(38-17-5-2-6-18-38)39-29-26-35(27-30-39)42-23-13-24-46-45-22-11-12-25-49(45)52-50(42)46/h1-33H. The van der Waals surface area contributed by atoms with Crippen molar-refractivity contribution in [2.24, 2.45) is 0 Å². The molecule has 0 amide bonds. The SMILES string of the molecule is c1ccc(-c2ccc(-c3cc4ccccc4c4ccccc34)cc2N(c2ccccc2)c2ccc(-c3cccc4c3oc3ccccc34)cc2)cc1. The summed E-state index contributed by atoms with van der Waals surface area (Å²) in [7, 11) is 0. The van der Waals surface area contributed by atoms with Crippen LogP contribution in [-0.2, 0) is 0 Å². The molecule has 0 N–H and O–H groups in total. The van der Waals surface area contributed by atoms with Crippen molar-refractivity contribution >= 4 is 60.5 Å². The van der Waals surface area contributed by atoms with Crippen molar-refractivity contribution in [2.75, 3.05) is 4.90 Å². The summed E-state index contributed by atoms with van der Waals surface area (Å²) in [6.07, 6.45) is 0. The summed E-state index contributed by atoms with van der Waals surface area (Å²) in [6, 6.07) is 71.7. The molecular formula is C50H33NO. The lowest BCUT2D eigenvalue weighted by atomic mass is 9.91. The Morgan fingerprint density at radius 1 is 0.327 bits per heavy atom. The first-order chi connectivity index (χ1) is 25.8. The largest absolute Gasteiger partial charge is 0.455 e. The van der Waals surface area contributed by atoms with Crippen LogP contribution in [0.4, 0.5) is 17.1 Å². The lowest BCUT2D eigenvalue weighted by Crippen LogP contribution is -2.11. The number of anilines is 3. The van der Waals surface area contributed by atoms with E-state index in [1.807, 2.05) is 12.1 Å². The van der Waals surface area contributed by atoms with Crippen LogP contribution in [0.1, 0.15) is 0 Å². The molecule has 0 atom stereocenters. The third-order valence-corrected chi connectivity index (χ3v) is 10.3. The molecule has 2 heteroatoms. The summed E-state index contributed by atoms with van der Waals surface area (Å²) in [5, 5.41) is 7.29. The minimum atomic E-state index is 0.907. The average Bonchev–Trinajstić information content (AvgIpc) is 3.61. The van der Waals surface area contributed by atoms with Crippen molar-refractivity contribution in [1.82, 2.24) is 0 Å². The molecule has 0 aliphatic heterocycles. The van der Waals surface area contributed by atoms with E-state index in [9.17, 15) is 0 Å². The van der Waals surface area contributed by atoms with E-state index in [4.69, 9.17) is 4.42 Å². The second-order valence-electron chi connectivity index (χ2n) is 13.3. The number of para-hydroxylation sites is 3. The van der Waals surface area contributed by atoms with Crippen LogP contribution in [0.25, 0.3) is 76.9 Å². The van der Waals surface area contributed by atoms with Gasteiger partial charge in [0.05, 0.1) is 5.69 Å². The summed E-state index contributed by atoms with van der Waals surface area (Å²) >= 11 is 0. The molecule has 0 radical (unpaired) electrons. The van der Waals surface area contributed by atoms with Crippen LogP contribution in [0.5, 0.6) is 0 Å². The molecule has 0 aliphatic carbocycles. The molecule has 9 aromatic carbocycles. The van der Waals surface area contributed by atoms with Gasteiger partial charge < -0.3 is 9.32 Å². The van der Waals surface area contributed by atoms with Crippen LogP contribution in [-0.4, -0.2) is 0 Å². The number of hydrogen-bond acceptors (Lipinski definition) is 2. The fraction of sp³-hybridized carbons (Fsp3) is 0. The lowest BCUT2D eigenvalue weighted by molar-refractivity contribution is 0.670. The maximum absolute atomic E-state index is 6.42. The van der Waals surface area contributed by atoms with Crippen LogP contribution in [0, 0.1) is 0 Å². The molecule has 1 heterocycles. The Bertz CT molecular complexity index is 2890. The van der Waals surface area contributed by atoms with Crippen molar-refractivity contribution < 1.29 is 4.42 Å². The van der Waals surface area contributed by atoms with Crippen LogP contribution in [0.15, 0.2) is 205 Å². The van der Waals surface area contributed by atoms with Crippen molar-refractivity contribution in [3.63, 3.8) is 0 Å². The van der Waals surface area contributed by atoms with Gasteiger partial charge in [-0.25, -0.2) is 0 Å². The second-order valence-corrected chi connectivity index (χ2v) is 13.3. The molecule has 52 heavy (non-hydrogen) atoms. The smallest absolute Gasteiger partial charge is 0.143 e. The molecule has 10 aromatic rings. The number of rotatable bonds is 6. The zero-order valence-corrected chi connectivity index (χ0v) is 28.4. The van der Waals surface area contributed by atoms with Gasteiger partial charge in [0.1, 0.15) is 11.2 Å². The molecule has 0 saturated carbocycles. The zero-order valence-electron chi connectivity index (χ0n) is 28.4. The molecule has 2 nitrogen and oxygen atoms in total. The minimum Gasteiger partial charge on any atom is -0.455 e. The maximum Gasteiger partial charge on any atom is 0.143 e. The zero-order chi connectivity index (χ0) is 34.4. The Morgan fingerprint density at radius 3 is 1.73 bits per heavy atom. The van der Waals surface area contributed by atoms with Gasteiger partial charge in [0.2, 0.25) is 0 Å². The van der Waals surface area contributed by atoms with Gasteiger partial charge in [-0.05, 0) is 86.3 Å². The maximum atomic E-state index is 6.42. The lowest BCUT2D eigenvalue weighted by Gasteiger charge is -2.29. The highest BCUT2D eigenvalue weighted by molar-refractivity contribution is 6.14.